The number of rotatable bonds is 5. The van der Waals surface area contributed by atoms with Crippen LogP contribution < -0.4 is 11.1 Å². The molecular weight excluding hydrogens is 363 g/mol. The number of fused-ring (bicyclic) bond motifs is 1. The smallest absolute Gasteiger partial charge is 0.188 e. The first-order valence-electron chi connectivity index (χ1n) is 6.75. The summed E-state index contributed by atoms with van der Waals surface area (Å²) in [5, 5.41) is 4.34. The van der Waals surface area contributed by atoms with Crippen LogP contribution in [-0.2, 0) is 6.54 Å². The summed E-state index contributed by atoms with van der Waals surface area (Å²) in [5.41, 5.74) is 8.04. The number of hydrogen-bond acceptors (Lipinski definition) is 1. The lowest BCUT2D eigenvalue weighted by atomic mass is 10.1. The summed E-state index contributed by atoms with van der Waals surface area (Å²) in [6.45, 7) is 5.84. The summed E-state index contributed by atoms with van der Waals surface area (Å²) in [6.07, 6.45) is 1.10. The average Bonchev–Trinajstić information content (AvgIpc) is 2.78. The normalized spacial score (nSPS) is 11.7. The van der Waals surface area contributed by atoms with E-state index in [1.165, 1.54) is 5.39 Å². The number of benzene rings is 1. The number of halogens is 1. The number of aromatic nitrogens is 1. The lowest BCUT2D eigenvalue weighted by Gasteiger charge is -2.07. The molecule has 0 saturated carbocycles. The maximum atomic E-state index is 5.83. The van der Waals surface area contributed by atoms with Crippen molar-refractivity contribution in [2.75, 3.05) is 6.54 Å². The highest BCUT2D eigenvalue weighted by atomic mass is 127. The Morgan fingerprint density at radius 2 is 2.10 bits per heavy atom. The highest BCUT2D eigenvalue weighted by Crippen LogP contribution is 2.14. The van der Waals surface area contributed by atoms with Gasteiger partial charge in [0.1, 0.15) is 0 Å². The third-order valence-electron chi connectivity index (χ3n) is 3.03. The fraction of sp³-hybridized carbons (Fsp3) is 0.400. The Morgan fingerprint density at radius 1 is 1.35 bits per heavy atom. The fourth-order valence-corrected chi connectivity index (χ4v) is 1.93. The fourth-order valence-electron chi connectivity index (χ4n) is 1.93. The van der Waals surface area contributed by atoms with Crippen LogP contribution in [-0.4, -0.2) is 17.5 Å². The summed E-state index contributed by atoms with van der Waals surface area (Å²) < 4.78 is 0. The third kappa shape index (κ3) is 5.03. The molecule has 0 atom stereocenters. The first-order chi connectivity index (χ1) is 9.15. The molecule has 0 aliphatic heterocycles. The number of nitrogens with one attached hydrogen (secondary N) is 2. The van der Waals surface area contributed by atoms with Crippen LogP contribution in [0.2, 0.25) is 0 Å². The van der Waals surface area contributed by atoms with Crippen LogP contribution in [0.15, 0.2) is 35.3 Å². The first kappa shape index (κ1) is 16.8. The molecule has 110 valence electrons. The molecule has 0 aliphatic carbocycles. The van der Waals surface area contributed by atoms with Crippen molar-refractivity contribution in [3.63, 3.8) is 0 Å². The summed E-state index contributed by atoms with van der Waals surface area (Å²) in [7, 11) is 0. The Balaban J connectivity index is 0.00000200. The van der Waals surface area contributed by atoms with E-state index < -0.39 is 0 Å². The van der Waals surface area contributed by atoms with E-state index in [1.54, 1.807) is 0 Å². The van der Waals surface area contributed by atoms with E-state index in [9.17, 15) is 0 Å². The monoisotopic (exact) mass is 386 g/mol. The predicted molar refractivity (Wildman–Crippen MR) is 96.5 cm³/mol. The molecule has 0 fully saturated rings. The molecule has 4 nitrogen and oxygen atoms in total. The minimum Gasteiger partial charge on any atom is -0.370 e. The Morgan fingerprint density at radius 3 is 2.80 bits per heavy atom. The standard InChI is InChI=1S/C15H22N4.HI/c1-11(2)7-8-17-15(16)18-10-13-9-12-5-3-4-6-14(12)19-13;/h3-6,9,11,19H,7-8,10H2,1-2H3,(H3,16,17,18);1H. The zero-order valence-corrected chi connectivity index (χ0v) is 14.3. The van der Waals surface area contributed by atoms with Gasteiger partial charge in [-0.05, 0) is 29.9 Å². The van der Waals surface area contributed by atoms with Gasteiger partial charge in [-0.3, -0.25) is 0 Å². The minimum atomic E-state index is 0. The van der Waals surface area contributed by atoms with Gasteiger partial charge in [-0.25, -0.2) is 4.99 Å². The number of nitrogens with two attached hydrogens (primary N) is 1. The molecule has 2 rings (SSSR count). The molecule has 0 unspecified atom stereocenters. The van der Waals surface area contributed by atoms with Gasteiger partial charge >= 0.3 is 0 Å². The van der Waals surface area contributed by atoms with Gasteiger partial charge in [0, 0.05) is 17.8 Å². The number of H-pyrrole nitrogens is 1. The van der Waals surface area contributed by atoms with Crippen LogP contribution in [0.3, 0.4) is 0 Å². The predicted octanol–water partition coefficient (Wildman–Crippen LogP) is 3.24. The minimum absolute atomic E-state index is 0. The van der Waals surface area contributed by atoms with Crippen molar-refractivity contribution >= 4 is 40.8 Å². The van der Waals surface area contributed by atoms with E-state index >= 15 is 0 Å². The molecule has 0 aliphatic rings. The summed E-state index contributed by atoms with van der Waals surface area (Å²) >= 11 is 0. The van der Waals surface area contributed by atoms with Crippen molar-refractivity contribution in [3.8, 4) is 0 Å². The van der Waals surface area contributed by atoms with Gasteiger partial charge in [0.2, 0.25) is 0 Å². The van der Waals surface area contributed by atoms with Crippen LogP contribution in [0.4, 0.5) is 0 Å². The molecule has 4 N–H and O–H groups in total. The Kier molecular flexibility index (Phi) is 6.84. The molecule has 1 heterocycles. The zero-order chi connectivity index (χ0) is 13.7. The van der Waals surface area contributed by atoms with Gasteiger partial charge in [0.15, 0.2) is 5.96 Å². The number of guanidine groups is 1. The Labute approximate surface area is 137 Å². The lowest BCUT2D eigenvalue weighted by molar-refractivity contribution is 0.576. The Bertz CT molecular complexity index is 527. The highest BCUT2D eigenvalue weighted by Gasteiger charge is 1.99. The molecule has 2 aromatic rings. The number of nitrogens with zero attached hydrogens (tertiary/aromatic N) is 1. The van der Waals surface area contributed by atoms with Crippen LogP contribution in [0.5, 0.6) is 0 Å². The van der Waals surface area contributed by atoms with Crippen molar-refractivity contribution in [1.29, 1.82) is 0 Å². The highest BCUT2D eigenvalue weighted by molar-refractivity contribution is 14.0. The Hall–Kier alpha value is -1.24. The van der Waals surface area contributed by atoms with Crippen LogP contribution in [0.1, 0.15) is 26.0 Å². The largest absolute Gasteiger partial charge is 0.370 e. The van der Waals surface area contributed by atoms with Crippen molar-refractivity contribution in [1.82, 2.24) is 10.3 Å². The molecular formula is C15H23IN4. The van der Waals surface area contributed by atoms with Crippen molar-refractivity contribution in [2.24, 2.45) is 16.6 Å². The van der Waals surface area contributed by atoms with Gasteiger partial charge < -0.3 is 16.0 Å². The van der Waals surface area contributed by atoms with Gasteiger partial charge in [-0.15, -0.1) is 24.0 Å². The van der Waals surface area contributed by atoms with Gasteiger partial charge in [0.05, 0.1) is 6.54 Å². The summed E-state index contributed by atoms with van der Waals surface area (Å²) in [5.74, 6) is 1.19. The number of aliphatic imine (C=N–C) groups is 1. The number of para-hydroxylation sites is 1. The number of aromatic amines is 1. The quantitative estimate of drug-likeness (QED) is 0.420. The topological polar surface area (TPSA) is 66.2 Å². The van der Waals surface area contributed by atoms with E-state index in [-0.39, 0.29) is 24.0 Å². The van der Waals surface area contributed by atoms with E-state index in [1.807, 2.05) is 12.1 Å². The second kappa shape index (κ2) is 8.14. The van der Waals surface area contributed by atoms with E-state index in [0.29, 0.717) is 18.4 Å². The molecule has 0 bridgehead atoms. The second-order valence-corrected chi connectivity index (χ2v) is 5.19. The van der Waals surface area contributed by atoms with Crippen molar-refractivity contribution < 1.29 is 0 Å². The van der Waals surface area contributed by atoms with Crippen molar-refractivity contribution in [2.45, 2.75) is 26.8 Å². The summed E-state index contributed by atoms with van der Waals surface area (Å²) in [4.78, 5) is 7.67. The third-order valence-corrected chi connectivity index (χ3v) is 3.03. The molecule has 20 heavy (non-hydrogen) atoms. The van der Waals surface area contributed by atoms with Crippen LogP contribution >= 0.6 is 24.0 Å². The number of hydrogen-bond donors (Lipinski definition) is 3. The van der Waals surface area contributed by atoms with Gasteiger partial charge in [-0.1, -0.05) is 32.0 Å². The average molecular weight is 386 g/mol. The van der Waals surface area contributed by atoms with E-state index in [4.69, 9.17) is 5.73 Å². The molecule has 0 spiro atoms. The van der Waals surface area contributed by atoms with E-state index in [2.05, 4.69) is 47.3 Å². The lowest BCUT2D eigenvalue weighted by Crippen LogP contribution is -2.32. The molecule has 0 amide bonds. The van der Waals surface area contributed by atoms with E-state index in [0.717, 1.165) is 24.2 Å². The van der Waals surface area contributed by atoms with Gasteiger partial charge in [-0.2, -0.15) is 0 Å². The summed E-state index contributed by atoms with van der Waals surface area (Å²) in [6, 6.07) is 10.3. The zero-order valence-electron chi connectivity index (χ0n) is 12.0. The molecule has 5 heteroatoms. The molecule has 0 radical (unpaired) electrons. The molecule has 0 saturated heterocycles. The van der Waals surface area contributed by atoms with Crippen LogP contribution in [0.25, 0.3) is 10.9 Å². The molecule has 1 aromatic carbocycles. The SMILES string of the molecule is CC(C)CCNC(N)=NCc1cc2ccccc2[nH]1.I. The molecule has 1 aromatic heterocycles. The van der Waals surface area contributed by atoms with Gasteiger partial charge in [0.25, 0.3) is 0 Å². The maximum Gasteiger partial charge on any atom is 0.188 e. The maximum absolute atomic E-state index is 5.83. The van der Waals surface area contributed by atoms with Crippen molar-refractivity contribution in [3.05, 3.63) is 36.0 Å². The van der Waals surface area contributed by atoms with Crippen LogP contribution in [0, 0.1) is 5.92 Å². The second-order valence-electron chi connectivity index (χ2n) is 5.19. The first-order valence-corrected chi connectivity index (χ1v) is 6.75.